The van der Waals surface area contributed by atoms with Gasteiger partial charge < -0.3 is 4.57 Å². The fraction of sp³-hybridized carbons (Fsp3) is 0.182. The number of carbonyl (C=O) groups is 1. The molecule has 1 amide bonds. The molecule has 3 rings (SSSR count). The number of hydrogen-bond acceptors (Lipinski definition) is 5. The molecule has 0 aliphatic carbocycles. The van der Waals surface area contributed by atoms with Gasteiger partial charge in [-0.1, -0.05) is 69.1 Å². The van der Waals surface area contributed by atoms with E-state index in [4.69, 9.17) is 11.6 Å². The first-order valence-corrected chi connectivity index (χ1v) is 11.6. The highest BCUT2D eigenvalue weighted by Gasteiger charge is 2.15. The van der Waals surface area contributed by atoms with Crippen LogP contribution in [0.3, 0.4) is 0 Å². The van der Waals surface area contributed by atoms with Crippen LogP contribution in [-0.4, -0.2) is 32.6 Å². The standard InChI is InChI=1S/C22H21BrClN5OS/c1-15(2)10-11-29-21(17-6-8-18(23)9-7-17)27-28-22(29)31-14-20(30)26-25-13-16-4-3-5-19(24)12-16/h3-9,12-13H,1,10-11,14H2,2H3,(H,26,30). The van der Waals surface area contributed by atoms with Crippen molar-refractivity contribution in [1.82, 2.24) is 20.2 Å². The molecule has 160 valence electrons. The molecule has 0 fully saturated rings. The summed E-state index contributed by atoms with van der Waals surface area (Å²) in [5.41, 5.74) is 5.36. The van der Waals surface area contributed by atoms with E-state index >= 15 is 0 Å². The van der Waals surface area contributed by atoms with Crippen LogP contribution in [0.4, 0.5) is 0 Å². The second-order valence-electron chi connectivity index (χ2n) is 6.81. The summed E-state index contributed by atoms with van der Waals surface area (Å²) in [6.45, 7) is 6.65. The van der Waals surface area contributed by atoms with E-state index in [1.54, 1.807) is 18.3 Å². The number of allylic oxidation sites excluding steroid dienone is 1. The minimum atomic E-state index is -0.233. The third-order valence-corrected chi connectivity index (χ3v) is 5.90. The lowest BCUT2D eigenvalue weighted by Crippen LogP contribution is -2.20. The molecule has 2 aromatic carbocycles. The normalized spacial score (nSPS) is 11.1. The first kappa shape index (κ1) is 23.2. The lowest BCUT2D eigenvalue weighted by Gasteiger charge is -2.10. The van der Waals surface area contributed by atoms with E-state index in [0.717, 1.165) is 33.4 Å². The van der Waals surface area contributed by atoms with Gasteiger partial charge in [0.1, 0.15) is 0 Å². The van der Waals surface area contributed by atoms with Crippen molar-refractivity contribution in [3.05, 3.63) is 75.7 Å². The van der Waals surface area contributed by atoms with Crippen molar-refractivity contribution in [3.8, 4) is 11.4 Å². The van der Waals surface area contributed by atoms with E-state index in [2.05, 4.69) is 43.2 Å². The Morgan fingerprint density at radius 1 is 1.29 bits per heavy atom. The summed E-state index contributed by atoms with van der Waals surface area (Å²) >= 11 is 10.7. The lowest BCUT2D eigenvalue weighted by molar-refractivity contribution is -0.118. The maximum atomic E-state index is 12.2. The van der Waals surface area contributed by atoms with Crippen molar-refractivity contribution < 1.29 is 4.79 Å². The zero-order chi connectivity index (χ0) is 22.2. The van der Waals surface area contributed by atoms with Gasteiger partial charge in [0.2, 0.25) is 0 Å². The second kappa shape index (κ2) is 11.3. The highest BCUT2D eigenvalue weighted by Crippen LogP contribution is 2.26. The number of thioether (sulfide) groups is 1. The number of halogens is 2. The molecule has 0 aliphatic heterocycles. The van der Waals surface area contributed by atoms with Crippen molar-refractivity contribution in [2.75, 3.05) is 5.75 Å². The fourth-order valence-electron chi connectivity index (χ4n) is 2.64. The van der Waals surface area contributed by atoms with E-state index in [-0.39, 0.29) is 11.7 Å². The van der Waals surface area contributed by atoms with Crippen LogP contribution in [0.25, 0.3) is 11.4 Å². The first-order valence-electron chi connectivity index (χ1n) is 9.46. The van der Waals surface area contributed by atoms with E-state index in [9.17, 15) is 4.79 Å². The van der Waals surface area contributed by atoms with E-state index in [1.165, 1.54) is 11.8 Å². The second-order valence-corrected chi connectivity index (χ2v) is 9.10. The van der Waals surface area contributed by atoms with Crippen molar-refractivity contribution in [1.29, 1.82) is 0 Å². The molecule has 0 radical (unpaired) electrons. The predicted octanol–water partition coefficient (Wildman–Crippen LogP) is 5.57. The monoisotopic (exact) mass is 517 g/mol. The molecule has 0 spiro atoms. The highest BCUT2D eigenvalue weighted by atomic mass is 79.9. The van der Waals surface area contributed by atoms with Gasteiger partial charge in [-0.2, -0.15) is 5.10 Å². The molecule has 0 atom stereocenters. The van der Waals surface area contributed by atoms with Gasteiger partial charge >= 0.3 is 0 Å². The Kier molecular flexibility index (Phi) is 8.45. The molecule has 0 saturated heterocycles. The molecule has 1 N–H and O–H groups in total. The number of nitrogens with one attached hydrogen (secondary N) is 1. The maximum absolute atomic E-state index is 12.2. The van der Waals surface area contributed by atoms with Crippen LogP contribution in [0.15, 0.2) is 75.4 Å². The van der Waals surface area contributed by atoms with Gasteiger partial charge in [0, 0.05) is 21.6 Å². The van der Waals surface area contributed by atoms with Crippen LogP contribution in [0.1, 0.15) is 18.9 Å². The maximum Gasteiger partial charge on any atom is 0.250 e. The van der Waals surface area contributed by atoms with E-state index in [0.29, 0.717) is 16.7 Å². The predicted molar refractivity (Wildman–Crippen MR) is 131 cm³/mol. The Hall–Kier alpha value is -2.42. The molecular formula is C22H21BrClN5OS. The number of aromatic nitrogens is 3. The minimum absolute atomic E-state index is 0.165. The molecule has 31 heavy (non-hydrogen) atoms. The summed E-state index contributed by atoms with van der Waals surface area (Å²) in [5, 5.41) is 13.9. The Balaban J connectivity index is 1.66. The lowest BCUT2D eigenvalue weighted by atomic mass is 10.2. The van der Waals surface area contributed by atoms with Gasteiger partial charge in [0.05, 0.1) is 12.0 Å². The van der Waals surface area contributed by atoms with Crippen molar-refractivity contribution in [2.24, 2.45) is 5.10 Å². The molecule has 6 nitrogen and oxygen atoms in total. The molecule has 0 aliphatic rings. The molecule has 3 aromatic rings. The van der Waals surface area contributed by atoms with Crippen LogP contribution in [0, 0.1) is 0 Å². The number of carbonyl (C=O) groups excluding carboxylic acids is 1. The zero-order valence-corrected chi connectivity index (χ0v) is 20.0. The van der Waals surface area contributed by atoms with Gasteiger partial charge in [-0.25, -0.2) is 5.43 Å². The largest absolute Gasteiger partial charge is 0.302 e. The fourth-order valence-corrected chi connectivity index (χ4v) is 3.86. The first-order chi connectivity index (χ1) is 14.9. The number of nitrogens with zero attached hydrogens (tertiary/aromatic N) is 4. The molecule has 0 unspecified atom stereocenters. The van der Waals surface area contributed by atoms with Gasteiger partial charge in [-0.15, -0.1) is 16.8 Å². The summed E-state index contributed by atoms with van der Waals surface area (Å²) < 4.78 is 3.01. The van der Waals surface area contributed by atoms with Crippen LogP contribution >= 0.6 is 39.3 Å². The highest BCUT2D eigenvalue weighted by molar-refractivity contribution is 9.10. The number of benzene rings is 2. The Morgan fingerprint density at radius 2 is 2.06 bits per heavy atom. The van der Waals surface area contributed by atoms with Crippen LogP contribution in [-0.2, 0) is 11.3 Å². The van der Waals surface area contributed by atoms with Gasteiger partial charge in [0.25, 0.3) is 5.91 Å². The summed E-state index contributed by atoms with van der Waals surface area (Å²) in [4.78, 5) is 12.2. The van der Waals surface area contributed by atoms with Gasteiger partial charge in [-0.3, -0.25) is 4.79 Å². The van der Waals surface area contributed by atoms with Crippen molar-refractivity contribution >= 4 is 51.4 Å². The molecule has 1 aromatic heterocycles. The van der Waals surface area contributed by atoms with Crippen LogP contribution in [0.5, 0.6) is 0 Å². The van der Waals surface area contributed by atoms with E-state index < -0.39 is 0 Å². The quantitative estimate of drug-likeness (QED) is 0.174. The minimum Gasteiger partial charge on any atom is -0.302 e. The van der Waals surface area contributed by atoms with Gasteiger partial charge in [0.15, 0.2) is 11.0 Å². The molecule has 1 heterocycles. The van der Waals surface area contributed by atoms with E-state index in [1.807, 2.05) is 47.9 Å². The number of rotatable bonds is 9. The average molecular weight is 519 g/mol. The third-order valence-electron chi connectivity index (χ3n) is 4.17. The third kappa shape index (κ3) is 7.05. The smallest absolute Gasteiger partial charge is 0.250 e. The number of hydrogen-bond donors (Lipinski definition) is 1. The van der Waals surface area contributed by atoms with Gasteiger partial charge in [-0.05, 0) is 43.2 Å². The summed E-state index contributed by atoms with van der Waals surface area (Å²) in [6.07, 6.45) is 2.35. The number of amides is 1. The summed E-state index contributed by atoms with van der Waals surface area (Å²) in [5.74, 6) is 0.692. The van der Waals surface area contributed by atoms with Crippen molar-refractivity contribution in [2.45, 2.75) is 25.0 Å². The number of hydrazone groups is 1. The molecule has 0 bridgehead atoms. The summed E-state index contributed by atoms with van der Waals surface area (Å²) in [7, 11) is 0. The molecular weight excluding hydrogens is 498 g/mol. The topological polar surface area (TPSA) is 72.2 Å². The summed E-state index contributed by atoms with van der Waals surface area (Å²) in [6, 6.07) is 15.1. The van der Waals surface area contributed by atoms with Crippen molar-refractivity contribution in [3.63, 3.8) is 0 Å². The zero-order valence-electron chi connectivity index (χ0n) is 16.9. The Bertz CT molecular complexity index is 1100. The van der Waals surface area contributed by atoms with Crippen LogP contribution in [0.2, 0.25) is 5.02 Å². The molecule has 0 saturated carbocycles. The Labute approximate surface area is 198 Å². The molecule has 9 heteroatoms. The van der Waals surface area contributed by atoms with Crippen LogP contribution < -0.4 is 5.43 Å². The Morgan fingerprint density at radius 3 is 2.77 bits per heavy atom. The average Bonchev–Trinajstić information content (AvgIpc) is 3.14. The SMILES string of the molecule is C=C(C)CCn1c(SCC(=O)NN=Cc2cccc(Cl)c2)nnc1-c1ccc(Br)cc1.